The zero-order valence-corrected chi connectivity index (χ0v) is 19.2. The molecule has 1 amide bonds. The Labute approximate surface area is 194 Å². The fraction of sp³-hybridized carbons (Fsp3) is 0.684. The highest BCUT2D eigenvalue weighted by molar-refractivity contribution is 6.63. The molecule has 33 heavy (non-hydrogen) atoms. The summed E-state index contributed by atoms with van der Waals surface area (Å²) in [5.41, 5.74) is 0. The van der Waals surface area contributed by atoms with E-state index in [4.69, 9.17) is 40.0 Å². The topological polar surface area (TPSA) is 170 Å². The molecule has 0 spiro atoms. The second kappa shape index (κ2) is 13.7. The van der Waals surface area contributed by atoms with E-state index >= 15 is 0 Å². The molecule has 0 aromatic carbocycles. The van der Waals surface area contributed by atoms with Crippen LogP contribution in [0.2, 0.25) is 0 Å². The third-order valence-electron chi connectivity index (χ3n) is 3.97. The number of amides is 1. The van der Waals surface area contributed by atoms with Crippen LogP contribution < -0.4 is 5.32 Å². The van der Waals surface area contributed by atoms with Crippen molar-refractivity contribution < 1.29 is 57.2 Å². The molecular weight excluding hydrogens is 470 g/mol. The van der Waals surface area contributed by atoms with Gasteiger partial charge in [0.15, 0.2) is 24.6 Å². The van der Waals surface area contributed by atoms with Gasteiger partial charge in [0.2, 0.25) is 11.1 Å². The number of ether oxygens (including phenoxy) is 6. The molecule has 1 saturated heterocycles. The molecule has 0 unspecified atom stereocenters. The molecule has 14 heteroatoms. The van der Waals surface area contributed by atoms with Crippen LogP contribution in [0.3, 0.4) is 0 Å². The van der Waals surface area contributed by atoms with Crippen molar-refractivity contribution in [3.05, 3.63) is 0 Å². The predicted octanol–water partition coefficient (Wildman–Crippen LogP) is -0.642. The van der Waals surface area contributed by atoms with Crippen LogP contribution in [0.4, 0.5) is 0 Å². The minimum Gasteiger partial charge on any atom is -0.463 e. The summed E-state index contributed by atoms with van der Waals surface area (Å²) in [6, 6.07) is 0. The molecule has 0 radical (unpaired) electrons. The molecule has 1 aliphatic heterocycles. The van der Waals surface area contributed by atoms with E-state index in [0.29, 0.717) is 0 Å². The minimum absolute atomic E-state index is 0.0386. The Morgan fingerprint density at radius 2 is 1.36 bits per heavy atom. The van der Waals surface area contributed by atoms with Gasteiger partial charge in [-0.25, -0.2) is 0 Å². The van der Waals surface area contributed by atoms with Crippen molar-refractivity contribution in [2.75, 3.05) is 19.8 Å². The van der Waals surface area contributed by atoms with Crippen LogP contribution >= 0.6 is 11.6 Å². The Hall–Kier alpha value is -2.77. The molecule has 0 bridgehead atoms. The van der Waals surface area contributed by atoms with E-state index in [1.165, 1.54) is 0 Å². The van der Waals surface area contributed by atoms with Crippen molar-refractivity contribution in [2.24, 2.45) is 0 Å². The highest BCUT2D eigenvalue weighted by atomic mass is 35.5. The van der Waals surface area contributed by atoms with Crippen molar-refractivity contribution in [2.45, 2.75) is 64.8 Å². The molecule has 1 fully saturated rings. The maximum atomic E-state index is 12.0. The quantitative estimate of drug-likeness (QED) is 0.219. The first-order valence-electron chi connectivity index (χ1n) is 9.77. The number of carbonyl (C=O) groups excluding carboxylic acids is 6. The number of carbonyl (C=O) groups is 6. The summed E-state index contributed by atoms with van der Waals surface area (Å²) in [5, 5.41) is 1.74. The van der Waals surface area contributed by atoms with Crippen LogP contribution in [0.5, 0.6) is 0 Å². The van der Waals surface area contributed by atoms with Gasteiger partial charge in [-0.15, -0.1) is 0 Å². The van der Waals surface area contributed by atoms with Crippen LogP contribution in [0.15, 0.2) is 0 Å². The summed E-state index contributed by atoms with van der Waals surface area (Å²) in [6.07, 6.45) is -6.97. The summed E-state index contributed by atoms with van der Waals surface area (Å²) in [7, 11) is 0. The number of rotatable bonds is 11. The molecule has 0 aromatic heterocycles. The number of hydrogen-bond donors (Lipinski definition) is 1. The molecule has 13 nitrogen and oxygen atoms in total. The maximum absolute atomic E-state index is 12.0. The van der Waals surface area contributed by atoms with Crippen molar-refractivity contribution in [3.63, 3.8) is 0 Å². The average molecular weight is 496 g/mol. The Morgan fingerprint density at radius 3 is 1.88 bits per heavy atom. The molecule has 1 N–H and O–H groups in total. The van der Waals surface area contributed by atoms with Crippen molar-refractivity contribution in [1.82, 2.24) is 5.32 Å². The van der Waals surface area contributed by atoms with Gasteiger partial charge in [0.1, 0.15) is 19.3 Å². The summed E-state index contributed by atoms with van der Waals surface area (Å²) in [6.45, 7) is 3.30. The van der Waals surface area contributed by atoms with E-state index in [1.54, 1.807) is 0 Å². The van der Waals surface area contributed by atoms with Crippen LogP contribution in [0.25, 0.3) is 0 Å². The summed E-state index contributed by atoms with van der Waals surface area (Å²) in [5.74, 6) is -3.70. The molecule has 0 saturated carbocycles. The fourth-order valence-electron chi connectivity index (χ4n) is 2.83. The van der Waals surface area contributed by atoms with E-state index in [2.05, 4.69) is 5.32 Å². The summed E-state index contributed by atoms with van der Waals surface area (Å²) in [4.78, 5) is 69.1. The lowest BCUT2D eigenvalue weighted by Gasteiger charge is -2.43. The molecule has 1 rings (SSSR count). The van der Waals surface area contributed by atoms with Gasteiger partial charge < -0.3 is 33.7 Å². The largest absolute Gasteiger partial charge is 0.463 e. The third kappa shape index (κ3) is 10.6. The first kappa shape index (κ1) is 28.3. The molecule has 5 atom stereocenters. The average Bonchev–Trinajstić information content (AvgIpc) is 2.67. The number of nitrogens with one attached hydrogen (secondary N) is 1. The highest BCUT2D eigenvalue weighted by Crippen LogP contribution is 2.29. The smallest absolute Gasteiger partial charge is 0.303 e. The first-order valence-corrected chi connectivity index (χ1v) is 10.2. The van der Waals surface area contributed by atoms with Gasteiger partial charge in [0.25, 0.3) is 0 Å². The van der Waals surface area contributed by atoms with E-state index in [0.717, 1.165) is 27.7 Å². The predicted molar refractivity (Wildman–Crippen MR) is 106 cm³/mol. The van der Waals surface area contributed by atoms with Crippen molar-refractivity contribution in [3.8, 4) is 0 Å². The second-order valence-electron chi connectivity index (χ2n) is 6.83. The molecule has 186 valence electrons. The summed E-state index contributed by atoms with van der Waals surface area (Å²) < 4.78 is 31.6. The number of hydrogen-bond acceptors (Lipinski definition) is 12. The lowest BCUT2D eigenvalue weighted by molar-refractivity contribution is -0.306. The van der Waals surface area contributed by atoms with E-state index in [1.807, 2.05) is 0 Å². The first-order chi connectivity index (χ1) is 15.4. The Balaban J connectivity index is 3.13. The lowest BCUT2D eigenvalue weighted by Crippen LogP contribution is -2.63. The minimum atomic E-state index is -1.48. The van der Waals surface area contributed by atoms with Gasteiger partial charge in [0.05, 0.1) is 0 Å². The lowest BCUT2D eigenvalue weighted by atomic mass is 9.98. The zero-order valence-electron chi connectivity index (χ0n) is 18.5. The molecule has 0 aliphatic carbocycles. The van der Waals surface area contributed by atoms with Crippen LogP contribution in [-0.4, -0.2) is 85.5 Å². The highest BCUT2D eigenvalue weighted by Gasteiger charge is 2.52. The Kier molecular flexibility index (Phi) is 11.7. The molecular formula is C19H26ClNO12. The third-order valence-corrected chi connectivity index (χ3v) is 4.16. The van der Waals surface area contributed by atoms with Crippen molar-refractivity contribution in [1.29, 1.82) is 0 Å². The van der Waals surface area contributed by atoms with Crippen molar-refractivity contribution >= 4 is 46.6 Å². The van der Waals surface area contributed by atoms with E-state index < -0.39 is 78.9 Å². The monoisotopic (exact) mass is 495 g/mol. The van der Waals surface area contributed by atoms with Crippen LogP contribution in [-0.2, 0) is 57.2 Å². The zero-order chi connectivity index (χ0) is 25.1. The second-order valence-corrected chi connectivity index (χ2v) is 7.26. The van der Waals surface area contributed by atoms with Gasteiger partial charge in [0, 0.05) is 40.7 Å². The Morgan fingerprint density at radius 1 is 0.818 bits per heavy atom. The number of esters is 4. The van der Waals surface area contributed by atoms with Gasteiger partial charge in [-0.3, -0.25) is 28.8 Å². The molecule has 1 aliphatic rings. The van der Waals surface area contributed by atoms with Gasteiger partial charge in [-0.2, -0.15) is 0 Å². The molecule has 1 heterocycles. The maximum Gasteiger partial charge on any atom is 0.303 e. The van der Waals surface area contributed by atoms with E-state index in [-0.39, 0.29) is 13.0 Å². The van der Waals surface area contributed by atoms with Crippen LogP contribution in [0.1, 0.15) is 34.1 Å². The SMILES string of the molecule is CC(=O)OC[C@H]1O[C@@H](OCC(=O)NCCC(=O)Cl)[C@H](OC(C)=O)[C@@H](OC(C)=O)[C@H]1OC(C)=O. The van der Waals surface area contributed by atoms with Gasteiger partial charge in [-0.05, 0) is 11.6 Å². The van der Waals surface area contributed by atoms with Gasteiger partial charge in [-0.1, -0.05) is 0 Å². The van der Waals surface area contributed by atoms with Crippen LogP contribution in [0, 0.1) is 0 Å². The summed E-state index contributed by atoms with van der Waals surface area (Å²) >= 11 is 5.20. The Bertz CT molecular complexity index is 757. The fourth-order valence-corrected chi connectivity index (χ4v) is 2.93. The van der Waals surface area contributed by atoms with E-state index in [9.17, 15) is 28.8 Å². The molecule has 0 aromatic rings. The number of halogens is 1. The standard InChI is InChI=1S/C19H26ClNO12/c1-9(22)28-7-13-16(30-10(2)23)17(31-11(3)24)18(32-12(4)25)19(33-13)29-8-15(27)21-6-5-14(20)26/h13,16-19H,5-8H2,1-4H3,(H,21,27)/t13-,16+,17+,18-,19-/m1/s1. The van der Waals surface area contributed by atoms with Gasteiger partial charge >= 0.3 is 23.9 Å². The normalized spacial score (nSPS) is 24.2.